The van der Waals surface area contributed by atoms with Crippen LogP contribution in [0, 0.1) is 5.82 Å². The smallest absolute Gasteiger partial charge is 0.434 e. The van der Waals surface area contributed by atoms with E-state index in [0.717, 1.165) is 24.7 Å². The van der Waals surface area contributed by atoms with Gasteiger partial charge < -0.3 is 9.30 Å². The molecule has 0 N–H and O–H groups in total. The topological polar surface area (TPSA) is 105 Å². The van der Waals surface area contributed by atoms with Crippen molar-refractivity contribution < 1.29 is 22.3 Å². The van der Waals surface area contributed by atoms with Crippen molar-refractivity contribution in [3.8, 4) is 28.7 Å². The van der Waals surface area contributed by atoms with Gasteiger partial charge in [0.05, 0.1) is 24.4 Å². The van der Waals surface area contributed by atoms with Gasteiger partial charge in [-0.2, -0.15) is 18.2 Å². The molecule has 0 aliphatic heterocycles. The summed E-state index contributed by atoms with van der Waals surface area (Å²) in [4.78, 5) is 30.0. The van der Waals surface area contributed by atoms with Gasteiger partial charge in [-0.1, -0.05) is 6.07 Å². The molecule has 1 atom stereocenters. The minimum atomic E-state index is -4.66. The van der Waals surface area contributed by atoms with Gasteiger partial charge in [-0.3, -0.25) is 9.36 Å². The maximum atomic E-state index is 15.4. The summed E-state index contributed by atoms with van der Waals surface area (Å²) in [5.41, 5.74) is 0.133. The molecule has 0 amide bonds. The van der Waals surface area contributed by atoms with Crippen molar-refractivity contribution in [2.45, 2.75) is 51.4 Å². The predicted molar refractivity (Wildman–Crippen MR) is 139 cm³/mol. The summed E-state index contributed by atoms with van der Waals surface area (Å²) in [6.45, 7) is 3.51. The third kappa shape index (κ3) is 4.62. The Kier molecular flexibility index (Phi) is 6.35. The third-order valence-electron chi connectivity index (χ3n) is 7.16. The lowest BCUT2D eigenvalue weighted by Gasteiger charge is -2.17. The first-order valence-corrected chi connectivity index (χ1v) is 12.9. The lowest BCUT2D eigenvalue weighted by Crippen LogP contribution is -2.25. The van der Waals surface area contributed by atoms with Gasteiger partial charge in [0, 0.05) is 30.9 Å². The number of fused-ring (bicyclic) bond motifs is 1. The molecular weight excluding hydrogens is 544 g/mol. The van der Waals surface area contributed by atoms with E-state index in [-0.39, 0.29) is 35.5 Å². The molecule has 0 unspecified atom stereocenters. The lowest BCUT2D eigenvalue weighted by molar-refractivity contribution is -0.140. The fraction of sp³-hybridized carbons (Fsp3) is 0.333. The van der Waals surface area contributed by atoms with Crippen LogP contribution in [0.25, 0.3) is 28.6 Å². The second kappa shape index (κ2) is 9.78. The maximum absolute atomic E-state index is 15.4. The lowest BCUT2D eigenvalue weighted by atomic mass is 10.0. The molecule has 212 valence electrons. The monoisotopic (exact) mass is 568 g/mol. The summed E-state index contributed by atoms with van der Waals surface area (Å²) in [5, 5.41) is 4.56. The Morgan fingerprint density at radius 2 is 1.93 bits per heavy atom. The van der Waals surface area contributed by atoms with E-state index in [2.05, 4.69) is 25.0 Å². The van der Waals surface area contributed by atoms with Crippen LogP contribution < -0.4 is 10.3 Å². The number of nitrogens with zero attached hydrogens (tertiary/aromatic N) is 8. The van der Waals surface area contributed by atoms with Crippen LogP contribution >= 0.6 is 0 Å². The van der Waals surface area contributed by atoms with Crippen LogP contribution in [-0.4, -0.2) is 45.8 Å². The summed E-state index contributed by atoms with van der Waals surface area (Å²) in [5.74, 6) is 0.134. The number of rotatable bonds is 7. The summed E-state index contributed by atoms with van der Waals surface area (Å²) < 4.78 is 64.6. The summed E-state index contributed by atoms with van der Waals surface area (Å²) in [7, 11) is 1.49. The first-order valence-electron chi connectivity index (χ1n) is 12.9. The first-order chi connectivity index (χ1) is 19.6. The number of alkyl halides is 3. The van der Waals surface area contributed by atoms with E-state index < -0.39 is 29.3 Å². The number of aromatic nitrogens is 8. The molecule has 6 rings (SSSR count). The van der Waals surface area contributed by atoms with Crippen LogP contribution in [0.15, 0.2) is 47.8 Å². The molecule has 14 heteroatoms. The SMILES string of the molecule is CCn1cc(C(F)(F)F)nc1-c1ccc([C@@H](C)n2c(=O)ccn3nc(-c4c(OC)ncnc4C4CC4)nc23)cc1F. The van der Waals surface area contributed by atoms with Crippen molar-refractivity contribution in [2.24, 2.45) is 0 Å². The number of benzene rings is 1. The van der Waals surface area contributed by atoms with Crippen molar-refractivity contribution >= 4 is 5.78 Å². The van der Waals surface area contributed by atoms with Crippen molar-refractivity contribution in [3.05, 3.63) is 76.1 Å². The molecule has 0 saturated heterocycles. The highest BCUT2D eigenvalue weighted by atomic mass is 19.4. The Hall–Kier alpha value is -4.62. The van der Waals surface area contributed by atoms with E-state index in [9.17, 15) is 18.0 Å². The van der Waals surface area contributed by atoms with E-state index in [1.165, 1.54) is 51.5 Å². The Morgan fingerprint density at radius 1 is 1.15 bits per heavy atom. The largest absolute Gasteiger partial charge is 0.480 e. The molecule has 1 saturated carbocycles. The van der Waals surface area contributed by atoms with Crippen LogP contribution in [0.5, 0.6) is 5.88 Å². The molecule has 1 fully saturated rings. The highest BCUT2D eigenvalue weighted by Gasteiger charge is 2.35. The molecule has 1 aliphatic carbocycles. The zero-order chi connectivity index (χ0) is 29.1. The standard InChI is InChI=1S/C27H24F4N8O2/c1-4-37-12-19(27(29,30)31)34-24(37)17-8-7-16(11-18(17)28)14(2)39-20(40)9-10-38-26(39)35-23(36-38)21-22(15-5-6-15)32-13-33-25(21)41-3/h7-15H,4-6H2,1-3H3/t14-/m1/s1. The van der Waals surface area contributed by atoms with Gasteiger partial charge in [-0.15, -0.1) is 5.10 Å². The third-order valence-corrected chi connectivity index (χ3v) is 7.16. The minimum Gasteiger partial charge on any atom is -0.480 e. The molecule has 0 bridgehead atoms. The number of methoxy groups -OCH3 is 1. The van der Waals surface area contributed by atoms with Gasteiger partial charge in [0.25, 0.3) is 5.56 Å². The number of hydrogen-bond donors (Lipinski definition) is 0. The number of ether oxygens (including phenoxy) is 1. The molecule has 1 aliphatic rings. The minimum absolute atomic E-state index is 0.0857. The molecule has 41 heavy (non-hydrogen) atoms. The highest BCUT2D eigenvalue weighted by molar-refractivity contribution is 5.67. The number of halogens is 4. The quantitative estimate of drug-likeness (QED) is 0.258. The Morgan fingerprint density at radius 3 is 2.59 bits per heavy atom. The van der Waals surface area contributed by atoms with Crippen molar-refractivity contribution in [3.63, 3.8) is 0 Å². The van der Waals surface area contributed by atoms with Gasteiger partial charge in [0.2, 0.25) is 11.7 Å². The predicted octanol–water partition coefficient (Wildman–Crippen LogP) is 4.88. The average Bonchev–Trinajstić information content (AvgIpc) is 3.55. The average molecular weight is 569 g/mol. The van der Waals surface area contributed by atoms with Gasteiger partial charge in [-0.25, -0.2) is 23.9 Å². The normalized spacial score (nSPS) is 14.5. The van der Waals surface area contributed by atoms with Gasteiger partial charge in [0.15, 0.2) is 11.5 Å². The second-order valence-corrected chi connectivity index (χ2v) is 9.77. The van der Waals surface area contributed by atoms with Crippen LogP contribution in [0.4, 0.5) is 17.6 Å². The van der Waals surface area contributed by atoms with E-state index in [1.54, 1.807) is 19.9 Å². The van der Waals surface area contributed by atoms with E-state index in [1.807, 2.05) is 0 Å². The molecule has 5 aromatic rings. The number of imidazole rings is 1. The Bertz CT molecular complexity index is 1840. The van der Waals surface area contributed by atoms with E-state index >= 15 is 4.39 Å². The highest BCUT2D eigenvalue weighted by Crippen LogP contribution is 2.45. The second-order valence-electron chi connectivity index (χ2n) is 9.77. The van der Waals surface area contributed by atoms with E-state index in [0.29, 0.717) is 17.0 Å². The van der Waals surface area contributed by atoms with Crippen molar-refractivity contribution in [1.82, 2.24) is 38.7 Å². The van der Waals surface area contributed by atoms with Crippen LogP contribution in [0.2, 0.25) is 0 Å². The molecule has 1 aromatic carbocycles. The van der Waals surface area contributed by atoms with Crippen LogP contribution in [-0.2, 0) is 12.7 Å². The maximum Gasteiger partial charge on any atom is 0.434 e. The summed E-state index contributed by atoms with van der Waals surface area (Å²) >= 11 is 0. The summed E-state index contributed by atoms with van der Waals surface area (Å²) in [6.07, 6.45) is 1.05. The Labute approximate surface area is 230 Å². The number of hydrogen-bond acceptors (Lipinski definition) is 7. The van der Waals surface area contributed by atoms with Gasteiger partial charge in [0.1, 0.15) is 23.5 Å². The molecular formula is C27H24F4N8O2. The zero-order valence-electron chi connectivity index (χ0n) is 22.2. The summed E-state index contributed by atoms with van der Waals surface area (Å²) in [6, 6.07) is 4.72. The zero-order valence-corrected chi connectivity index (χ0v) is 22.2. The first kappa shape index (κ1) is 26.6. The van der Waals surface area contributed by atoms with E-state index in [4.69, 9.17) is 4.74 Å². The van der Waals surface area contributed by atoms with Crippen molar-refractivity contribution in [1.29, 1.82) is 0 Å². The molecule has 4 heterocycles. The molecule has 0 spiro atoms. The fourth-order valence-corrected chi connectivity index (χ4v) is 4.91. The van der Waals surface area contributed by atoms with Crippen molar-refractivity contribution in [2.75, 3.05) is 7.11 Å². The van der Waals surface area contributed by atoms with Gasteiger partial charge >= 0.3 is 6.18 Å². The van der Waals surface area contributed by atoms with Crippen LogP contribution in [0.3, 0.4) is 0 Å². The number of aryl methyl sites for hydroxylation is 1. The molecule has 0 radical (unpaired) electrons. The fourth-order valence-electron chi connectivity index (χ4n) is 4.91. The molecule has 4 aromatic heterocycles. The Balaban J connectivity index is 1.42. The van der Waals surface area contributed by atoms with Gasteiger partial charge in [-0.05, 0) is 44.4 Å². The molecule has 10 nitrogen and oxygen atoms in total. The van der Waals surface area contributed by atoms with Crippen LogP contribution in [0.1, 0.15) is 55.6 Å².